The van der Waals surface area contributed by atoms with E-state index < -0.39 is 5.91 Å². The fourth-order valence-corrected chi connectivity index (χ4v) is 10.1. The summed E-state index contributed by atoms with van der Waals surface area (Å²) >= 11 is 36.7. The molecule has 2 amide bonds. The zero-order chi connectivity index (χ0) is 37.1. The number of nitrogens with one attached hydrogen (secondary N) is 2. The average Bonchev–Trinajstić information content (AvgIpc) is 3.10. The number of benzene rings is 4. The molecule has 18 heteroatoms. The molecule has 5 rings (SSSR count). The molecule has 9 nitrogen and oxygen atoms in total. The standard InChI is InChI=1S/C33H21Cl4I5N2O7/c34-22-20(19-15-11-17(39)28(45)26(41)30(15)51-31-16(19)12-18(40)29(46)27(31)42)21(23(35)25(37)24(22)36)33(48)44-5-7-50-9-8-49-6-4-43-32(47)13-2-1-3-14(38)10-13/h1-3,10-12,45H,4-9H2,(H,43,47)(H,44,48). The highest BCUT2D eigenvalue weighted by Gasteiger charge is 2.32. The molecule has 0 radical (unpaired) electrons. The van der Waals surface area contributed by atoms with Crippen LogP contribution < -0.4 is 16.1 Å². The Hall–Kier alpha value is -0.180. The number of ether oxygens (including phenoxy) is 2. The third-order valence-electron chi connectivity index (χ3n) is 7.29. The van der Waals surface area contributed by atoms with E-state index in [-0.39, 0.29) is 86.0 Å². The maximum atomic E-state index is 13.9. The summed E-state index contributed by atoms with van der Waals surface area (Å²) in [5.41, 5.74) is 1.61. The molecule has 0 bridgehead atoms. The molecular formula is C33H21Cl4I5N2O7. The van der Waals surface area contributed by atoms with Gasteiger partial charge in [-0.05, 0) is 143 Å². The van der Waals surface area contributed by atoms with E-state index in [1.165, 1.54) is 0 Å². The summed E-state index contributed by atoms with van der Waals surface area (Å²) in [6.07, 6.45) is 0. The van der Waals surface area contributed by atoms with Gasteiger partial charge in [0.2, 0.25) is 5.43 Å². The molecule has 51 heavy (non-hydrogen) atoms. The lowest BCUT2D eigenvalue weighted by Crippen LogP contribution is -2.29. The van der Waals surface area contributed by atoms with E-state index in [0.717, 1.165) is 3.57 Å². The third kappa shape index (κ3) is 9.28. The minimum Gasteiger partial charge on any atom is -0.506 e. The molecule has 1 heterocycles. The molecule has 0 aromatic heterocycles. The second-order valence-electron chi connectivity index (χ2n) is 10.5. The van der Waals surface area contributed by atoms with Crippen LogP contribution in [0, 0.1) is 17.9 Å². The fraction of sp³-hybridized carbons (Fsp3) is 0.182. The predicted molar refractivity (Wildman–Crippen MR) is 243 cm³/mol. The maximum absolute atomic E-state index is 13.9. The number of aromatic hydroxyl groups is 1. The van der Waals surface area contributed by atoms with Crippen molar-refractivity contribution in [2.75, 3.05) is 39.5 Å². The Kier molecular flexibility index (Phi) is 15.3. The van der Waals surface area contributed by atoms with Gasteiger partial charge in [-0.3, -0.25) is 14.4 Å². The largest absolute Gasteiger partial charge is 0.506 e. The number of carbonyl (C=O) groups excluding carboxylic acids is 2. The highest BCUT2D eigenvalue weighted by Crippen LogP contribution is 2.52. The van der Waals surface area contributed by atoms with Crippen LogP contribution in [0.3, 0.4) is 0 Å². The van der Waals surface area contributed by atoms with Crippen LogP contribution in [0.1, 0.15) is 20.7 Å². The Balaban J connectivity index is 1.34. The SMILES string of the molecule is O=C(NCCOCCOCCNC(=O)c1c(Cl)c(Cl)c(Cl)c(Cl)c1-c1c2cc(I)c(=O)c(I)c-2oc2c(I)c(O)c(I)cc12)c1cccc(I)c1. The second-order valence-corrected chi connectivity index (χ2v) is 17.7. The molecule has 3 aromatic carbocycles. The predicted octanol–water partition coefficient (Wildman–Crippen LogP) is 10.1. The summed E-state index contributed by atoms with van der Waals surface area (Å²) in [7, 11) is 0. The summed E-state index contributed by atoms with van der Waals surface area (Å²) in [5, 5.41) is 16.5. The van der Waals surface area contributed by atoms with Gasteiger partial charge in [0, 0.05) is 44.3 Å². The summed E-state index contributed by atoms with van der Waals surface area (Å²) in [4.78, 5) is 39.2. The van der Waals surface area contributed by atoms with Crippen molar-refractivity contribution in [1.29, 1.82) is 0 Å². The average molecular weight is 1330 g/mol. The molecule has 0 saturated heterocycles. The van der Waals surface area contributed by atoms with Gasteiger partial charge in [0.05, 0.1) is 62.8 Å². The molecule has 0 unspecified atom stereocenters. The molecule has 3 N–H and O–H groups in total. The number of carbonyl (C=O) groups is 2. The van der Waals surface area contributed by atoms with Crippen LogP contribution in [0.4, 0.5) is 0 Å². The molecular weight excluding hydrogens is 1310 g/mol. The van der Waals surface area contributed by atoms with Crippen molar-refractivity contribution in [2.45, 2.75) is 0 Å². The lowest BCUT2D eigenvalue weighted by molar-refractivity contribution is 0.0486. The Morgan fingerprint density at radius 3 is 2.02 bits per heavy atom. The second kappa shape index (κ2) is 18.6. The van der Waals surface area contributed by atoms with Crippen LogP contribution >= 0.6 is 159 Å². The van der Waals surface area contributed by atoms with Gasteiger partial charge in [0.1, 0.15) is 9.32 Å². The fourth-order valence-electron chi connectivity index (χ4n) is 4.96. The number of amides is 2. The van der Waals surface area contributed by atoms with Crippen molar-refractivity contribution in [1.82, 2.24) is 10.6 Å². The van der Waals surface area contributed by atoms with Crippen LogP contribution in [0.25, 0.3) is 33.4 Å². The Morgan fingerprint density at radius 1 is 0.745 bits per heavy atom. The van der Waals surface area contributed by atoms with Gasteiger partial charge >= 0.3 is 0 Å². The summed E-state index contributed by atoms with van der Waals surface area (Å²) in [6, 6.07) is 10.6. The van der Waals surface area contributed by atoms with Crippen molar-refractivity contribution in [2.24, 2.45) is 0 Å². The number of rotatable bonds is 12. The van der Waals surface area contributed by atoms with Gasteiger partial charge in [-0.15, -0.1) is 0 Å². The summed E-state index contributed by atoms with van der Waals surface area (Å²) in [5.74, 6) is -0.555. The molecule has 3 aromatic rings. The topological polar surface area (TPSA) is 127 Å². The van der Waals surface area contributed by atoms with Gasteiger partial charge in [0.25, 0.3) is 11.8 Å². The van der Waals surface area contributed by atoms with E-state index in [2.05, 4.69) is 33.2 Å². The highest BCUT2D eigenvalue weighted by atomic mass is 127. The first-order chi connectivity index (χ1) is 24.2. The van der Waals surface area contributed by atoms with Crippen molar-refractivity contribution in [3.63, 3.8) is 0 Å². The lowest BCUT2D eigenvalue weighted by atomic mass is 9.90. The summed E-state index contributed by atoms with van der Waals surface area (Å²) < 4.78 is 20.0. The zero-order valence-electron chi connectivity index (χ0n) is 25.5. The van der Waals surface area contributed by atoms with Crippen LogP contribution in [-0.4, -0.2) is 56.4 Å². The number of phenolic OH excluding ortho intramolecular Hbond substituents is 1. The van der Waals surface area contributed by atoms with Crippen LogP contribution in [-0.2, 0) is 9.47 Å². The number of hydrogen-bond acceptors (Lipinski definition) is 7. The van der Waals surface area contributed by atoms with Crippen molar-refractivity contribution < 1.29 is 28.6 Å². The molecule has 0 saturated carbocycles. The monoisotopic (exact) mass is 1330 g/mol. The van der Waals surface area contributed by atoms with Crippen LogP contribution in [0.2, 0.25) is 20.1 Å². The zero-order valence-corrected chi connectivity index (χ0v) is 39.3. The van der Waals surface area contributed by atoms with Gasteiger partial charge in [0.15, 0.2) is 11.3 Å². The maximum Gasteiger partial charge on any atom is 0.253 e. The minimum atomic E-state index is -0.603. The van der Waals surface area contributed by atoms with E-state index in [1.807, 2.05) is 102 Å². The number of phenols is 1. The van der Waals surface area contributed by atoms with E-state index in [9.17, 15) is 19.5 Å². The van der Waals surface area contributed by atoms with Crippen molar-refractivity contribution in [3.05, 3.63) is 95.7 Å². The van der Waals surface area contributed by atoms with Gasteiger partial charge in [-0.25, -0.2) is 0 Å². The smallest absolute Gasteiger partial charge is 0.253 e. The molecule has 0 fully saturated rings. The number of fused-ring (bicyclic) bond motifs is 2. The number of hydrogen-bond donors (Lipinski definition) is 3. The van der Waals surface area contributed by atoms with E-state index in [4.69, 9.17) is 60.3 Å². The van der Waals surface area contributed by atoms with Crippen molar-refractivity contribution >= 4 is 182 Å². The normalized spacial score (nSPS) is 11.4. The van der Waals surface area contributed by atoms with E-state index >= 15 is 0 Å². The number of halogens is 9. The molecule has 2 aliphatic rings. The quantitative estimate of drug-likeness (QED) is 0.0373. The van der Waals surface area contributed by atoms with Crippen LogP contribution in [0.15, 0.2) is 45.6 Å². The van der Waals surface area contributed by atoms with Gasteiger partial charge in [-0.1, -0.05) is 52.5 Å². The minimum absolute atomic E-state index is 0.00750. The molecule has 0 atom stereocenters. The first-order valence-electron chi connectivity index (χ1n) is 14.5. The molecule has 268 valence electrons. The van der Waals surface area contributed by atoms with E-state index in [1.54, 1.807) is 24.3 Å². The Labute approximate surface area is 379 Å². The molecule has 1 aliphatic carbocycles. The first kappa shape index (κ1) is 42.0. The molecule has 0 spiro atoms. The Bertz CT molecular complexity index is 2220. The van der Waals surface area contributed by atoms with Crippen molar-refractivity contribution in [3.8, 4) is 28.2 Å². The highest BCUT2D eigenvalue weighted by molar-refractivity contribution is 14.1. The van der Waals surface area contributed by atoms with Gasteiger partial charge < -0.3 is 29.6 Å². The van der Waals surface area contributed by atoms with Gasteiger partial charge in [-0.2, -0.15) is 0 Å². The Morgan fingerprint density at radius 2 is 1.37 bits per heavy atom. The lowest BCUT2D eigenvalue weighted by Gasteiger charge is -2.22. The van der Waals surface area contributed by atoms with Crippen LogP contribution in [0.5, 0.6) is 5.75 Å². The third-order valence-corrected chi connectivity index (χ3v) is 13.4. The molecule has 1 aliphatic heterocycles. The first-order valence-corrected chi connectivity index (χ1v) is 21.4. The van der Waals surface area contributed by atoms with E-state index in [0.29, 0.717) is 49.5 Å². The summed E-state index contributed by atoms with van der Waals surface area (Å²) in [6.45, 7) is 1.42.